The van der Waals surface area contributed by atoms with Gasteiger partial charge in [0.15, 0.2) is 0 Å². The fourth-order valence-electron chi connectivity index (χ4n) is 6.41. The molecule has 0 aromatic heterocycles. The van der Waals surface area contributed by atoms with Gasteiger partial charge >= 0.3 is 5.97 Å². The Hall–Kier alpha value is -2.10. The Morgan fingerprint density at radius 2 is 2.04 bits per heavy atom. The Morgan fingerprint density at radius 3 is 2.75 bits per heavy atom. The molecule has 1 aliphatic heterocycles. The summed E-state index contributed by atoms with van der Waals surface area (Å²) in [5, 5.41) is 3.06. The third-order valence-corrected chi connectivity index (χ3v) is 7.79. The van der Waals surface area contributed by atoms with Gasteiger partial charge in [0.25, 0.3) is 0 Å². The molecule has 5 atom stereocenters. The number of esters is 1. The Bertz CT molecular complexity index is 814. The van der Waals surface area contributed by atoms with Crippen molar-refractivity contribution in [3.63, 3.8) is 0 Å². The molecule has 5 rings (SSSR count). The first kappa shape index (κ1) is 18.0. The zero-order valence-corrected chi connectivity index (χ0v) is 16.4. The third-order valence-electron chi connectivity index (χ3n) is 7.79. The second-order valence-corrected chi connectivity index (χ2v) is 9.64. The van der Waals surface area contributed by atoms with Crippen molar-refractivity contribution in [3.05, 3.63) is 42.0 Å². The molecular formula is C24H29NO3. The summed E-state index contributed by atoms with van der Waals surface area (Å²) < 4.78 is 5.37. The van der Waals surface area contributed by atoms with Crippen LogP contribution in [0.1, 0.15) is 50.5 Å². The molecule has 2 bridgehead atoms. The van der Waals surface area contributed by atoms with Crippen molar-refractivity contribution in [3.8, 4) is 0 Å². The van der Waals surface area contributed by atoms with E-state index in [1.54, 1.807) is 0 Å². The Morgan fingerprint density at radius 1 is 1.21 bits per heavy atom. The molecule has 1 saturated heterocycles. The average Bonchev–Trinajstić information content (AvgIpc) is 3.40. The van der Waals surface area contributed by atoms with Gasteiger partial charge in [-0.2, -0.15) is 0 Å². The molecule has 4 aliphatic rings. The molecule has 4 nitrogen and oxygen atoms in total. The molecule has 3 aliphatic carbocycles. The number of anilines is 1. The fourth-order valence-corrected chi connectivity index (χ4v) is 6.41. The summed E-state index contributed by atoms with van der Waals surface area (Å²) in [6.07, 6.45) is 8.23. The molecule has 148 valence electrons. The smallest absolute Gasteiger partial charge is 0.313 e. The molecule has 0 spiro atoms. The zero-order chi connectivity index (χ0) is 19.3. The van der Waals surface area contributed by atoms with E-state index >= 15 is 0 Å². The number of hydrogen-bond acceptors (Lipinski definition) is 3. The Balaban J connectivity index is 1.21. The average molecular weight is 380 g/mol. The molecule has 1 aromatic rings. The SMILES string of the molecule is C=C1CC2COC(=O)C2(Cc2ccc(NC(=O)CC3CC4CCC3C4)cc2)C1. The van der Waals surface area contributed by atoms with E-state index in [1.165, 1.54) is 25.7 Å². The molecule has 1 heterocycles. The number of amides is 1. The molecule has 5 unspecified atom stereocenters. The highest BCUT2D eigenvalue weighted by Gasteiger charge is 2.55. The number of nitrogens with one attached hydrogen (secondary N) is 1. The lowest BCUT2D eigenvalue weighted by Gasteiger charge is -2.24. The minimum absolute atomic E-state index is 0.0700. The predicted octanol–water partition coefficient (Wildman–Crippen LogP) is 4.50. The minimum Gasteiger partial charge on any atom is -0.465 e. The van der Waals surface area contributed by atoms with E-state index in [-0.39, 0.29) is 17.8 Å². The Kier molecular flexibility index (Phi) is 4.33. The van der Waals surface area contributed by atoms with Crippen molar-refractivity contribution in [2.45, 2.75) is 51.4 Å². The lowest BCUT2D eigenvalue weighted by atomic mass is 9.75. The molecule has 3 saturated carbocycles. The van der Waals surface area contributed by atoms with E-state index < -0.39 is 5.41 Å². The van der Waals surface area contributed by atoms with Gasteiger partial charge in [0.1, 0.15) is 0 Å². The molecule has 0 radical (unpaired) electrons. The van der Waals surface area contributed by atoms with Crippen LogP contribution in [0.2, 0.25) is 0 Å². The maximum atomic E-state index is 12.5. The zero-order valence-electron chi connectivity index (χ0n) is 16.4. The summed E-state index contributed by atoms with van der Waals surface area (Å²) in [7, 11) is 0. The molecule has 4 fully saturated rings. The van der Waals surface area contributed by atoms with Gasteiger partial charge < -0.3 is 10.1 Å². The fraction of sp³-hybridized carbons (Fsp3) is 0.583. The Labute approximate surface area is 166 Å². The second-order valence-electron chi connectivity index (χ2n) is 9.64. The van der Waals surface area contributed by atoms with E-state index in [9.17, 15) is 9.59 Å². The van der Waals surface area contributed by atoms with Crippen LogP contribution in [-0.4, -0.2) is 18.5 Å². The largest absolute Gasteiger partial charge is 0.465 e. The van der Waals surface area contributed by atoms with Crippen LogP contribution >= 0.6 is 0 Å². The summed E-state index contributed by atoms with van der Waals surface area (Å²) in [6, 6.07) is 7.99. The highest BCUT2D eigenvalue weighted by molar-refractivity contribution is 5.91. The summed E-state index contributed by atoms with van der Waals surface area (Å²) in [5.74, 6) is 2.55. The number of carbonyl (C=O) groups excluding carboxylic acids is 2. The molecule has 28 heavy (non-hydrogen) atoms. The topological polar surface area (TPSA) is 55.4 Å². The van der Waals surface area contributed by atoms with Crippen LogP contribution in [0.5, 0.6) is 0 Å². The van der Waals surface area contributed by atoms with Crippen LogP contribution in [0.15, 0.2) is 36.4 Å². The van der Waals surface area contributed by atoms with Crippen molar-refractivity contribution >= 4 is 17.6 Å². The summed E-state index contributed by atoms with van der Waals surface area (Å²) in [6.45, 7) is 4.63. The second kappa shape index (κ2) is 6.75. The van der Waals surface area contributed by atoms with Gasteiger partial charge in [0.05, 0.1) is 12.0 Å². The van der Waals surface area contributed by atoms with Gasteiger partial charge in [-0.1, -0.05) is 30.7 Å². The van der Waals surface area contributed by atoms with Gasteiger partial charge in [0, 0.05) is 18.0 Å². The number of ether oxygens (including phenoxy) is 1. The highest BCUT2D eigenvalue weighted by atomic mass is 16.5. The van der Waals surface area contributed by atoms with Crippen molar-refractivity contribution in [2.75, 3.05) is 11.9 Å². The van der Waals surface area contributed by atoms with Crippen molar-refractivity contribution < 1.29 is 14.3 Å². The van der Waals surface area contributed by atoms with Crippen molar-refractivity contribution in [1.82, 2.24) is 0 Å². The molecule has 1 N–H and O–H groups in total. The van der Waals surface area contributed by atoms with Gasteiger partial charge in [-0.25, -0.2) is 0 Å². The number of rotatable bonds is 5. The molecular weight excluding hydrogens is 350 g/mol. The predicted molar refractivity (Wildman–Crippen MR) is 108 cm³/mol. The normalized spacial score (nSPS) is 35.9. The lowest BCUT2D eigenvalue weighted by Crippen LogP contribution is -2.31. The number of carbonyl (C=O) groups is 2. The summed E-state index contributed by atoms with van der Waals surface area (Å²) in [4.78, 5) is 24.9. The number of allylic oxidation sites excluding steroid dienone is 1. The molecule has 4 heteroatoms. The van der Waals surface area contributed by atoms with Crippen molar-refractivity contribution in [1.29, 1.82) is 0 Å². The van der Waals surface area contributed by atoms with E-state index in [0.29, 0.717) is 25.4 Å². The quantitative estimate of drug-likeness (QED) is 0.605. The van der Waals surface area contributed by atoms with Crippen LogP contribution in [-0.2, 0) is 20.7 Å². The number of hydrogen-bond donors (Lipinski definition) is 1. The number of fused-ring (bicyclic) bond motifs is 3. The van der Waals surface area contributed by atoms with Gasteiger partial charge in [-0.3, -0.25) is 9.59 Å². The van der Waals surface area contributed by atoms with Crippen LogP contribution in [0, 0.1) is 29.1 Å². The highest BCUT2D eigenvalue weighted by Crippen LogP contribution is 2.52. The van der Waals surface area contributed by atoms with Crippen LogP contribution in [0.3, 0.4) is 0 Å². The first-order valence-electron chi connectivity index (χ1n) is 10.7. The minimum atomic E-state index is -0.427. The van der Waals surface area contributed by atoms with Crippen LogP contribution in [0.25, 0.3) is 0 Å². The third kappa shape index (κ3) is 3.07. The number of cyclic esters (lactones) is 1. The summed E-state index contributed by atoms with van der Waals surface area (Å²) in [5.41, 5.74) is 2.69. The van der Waals surface area contributed by atoms with Gasteiger partial charge in [-0.05, 0) is 74.0 Å². The van der Waals surface area contributed by atoms with Crippen LogP contribution < -0.4 is 5.32 Å². The van der Waals surface area contributed by atoms with Gasteiger partial charge in [-0.15, -0.1) is 0 Å². The van der Waals surface area contributed by atoms with E-state index in [0.717, 1.165) is 41.5 Å². The van der Waals surface area contributed by atoms with E-state index in [2.05, 4.69) is 11.9 Å². The van der Waals surface area contributed by atoms with Crippen molar-refractivity contribution in [2.24, 2.45) is 29.1 Å². The van der Waals surface area contributed by atoms with Crippen LogP contribution in [0.4, 0.5) is 5.69 Å². The maximum absolute atomic E-state index is 12.5. The number of benzene rings is 1. The molecule has 1 aromatic carbocycles. The van der Waals surface area contributed by atoms with Gasteiger partial charge in [0.2, 0.25) is 5.91 Å². The first-order valence-corrected chi connectivity index (χ1v) is 10.7. The monoisotopic (exact) mass is 379 g/mol. The summed E-state index contributed by atoms with van der Waals surface area (Å²) >= 11 is 0. The standard InChI is InChI=1S/C24H29NO3/c1-15-8-20-14-28-23(27)24(20,12-15)13-16-3-6-21(7-4-16)25-22(26)11-19-10-17-2-5-18(19)9-17/h3-4,6-7,17-20H,1-2,5,8-14H2,(H,25,26). The molecule has 1 amide bonds. The van der Waals surface area contributed by atoms with E-state index in [1.807, 2.05) is 24.3 Å². The first-order chi connectivity index (χ1) is 13.5. The maximum Gasteiger partial charge on any atom is 0.313 e. The van der Waals surface area contributed by atoms with E-state index in [4.69, 9.17) is 4.74 Å². The lowest BCUT2D eigenvalue weighted by molar-refractivity contribution is -0.146.